The Labute approximate surface area is 62.6 Å². The molecule has 0 aliphatic carbocycles. The van der Waals surface area contributed by atoms with Gasteiger partial charge in [-0.1, -0.05) is 0 Å². The van der Waals surface area contributed by atoms with Crippen LogP contribution in [0.2, 0.25) is 0 Å². The molecule has 2 saturated heterocycles. The van der Waals surface area contributed by atoms with Gasteiger partial charge in [-0.15, -0.1) is 0 Å². The average Bonchev–Trinajstić information content (AvgIpc) is 2.34. The van der Waals surface area contributed by atoms with Crippen LogP contribution in [0.5, 0.6) is 0 Å². The average molecular weight is 140 g/mol. The van der Waals surface area contributed by atoms with Crippen LogP contribution in [0.15, 0.2) is 0 Å². The summed E-state index contributed by atoms with van der Waals surface area (Å²) in [7, 11) is 2.25. The quantitative estimate of drug-likeness (QED) is 0.520. The second-order valence-corrected chi connectivity index (χ2v) is 3.59. The van der Waals surface area contributed by atoms with Crippen molar-refractivity contribution in [2.45, 2.75) is 18.9 Å². The molecule has 2 rings (SSSR count). The van der Waals surface area contributed by atoms with Gasteiger partial charge in [-0.25, -0.2) is 0 Å². The first-order chi connectivity index (χ1) is 4.88. The highest BCUT2D eigenvalue weighted by molar-refractivity contribution is 4.89. The second kappa shape index (κ2) is 2.51. The molecule has 0 aromatic heterocycles. The zero-order chi connectivity index (χ0) is 6.97. The lowest BCUT2D eigenvalue weighted by molar-refractivity contribution is 0.229. The van der Waals surface area contributed by atoms with Gasteiger partial charge in [0.1, 0.15) is 0 Å². The fourth-order valence-corrected chi connectivity index (χ4v) is 2.28. The molecular weight excluding hydrogens is 124 g/mol. The van der Waals surface area contributed by atoms with E-state index in [9.17, 15) is 0 Å². The summed E-state index contributed by atoms with van der Waals surface area (Å²) >= 11 is 0. The minimum Gasteiger partial charge on any atom is -0.315 e. The third kappa shape index (κ3) is 0.956. The summed E-state index contributed by atoms with van der Waals surface area (Å²) in [5.74, 6) is 1.01. The molecular formula is C8H16N2. The summed E-state index contributed by atoms with van der Waals surface area (Å²) in [4.78, 5) is 2.50. The number of nitrogens with zero attached hydrogens (tertiary/aromatic N) is 1. The van der Waals surface area contributed by atoms with Crippen LogP contribution in [-0.2, 0) is 0 Å². The van der Waals surface area contributed by atoms with E-state index in [2.05, 4.69) is 17.3 Å². The molecule has 2 heterocycles. The van der Waals surface area contributed by atoms with E-state index in [1.807, 2.05) is 0 Å². The minimum atomic E-state index is 0.855. The van der Waals surface area contributed by atoms with Crippen LogP contribution < -0.4 is 5.32 Å². The van der Waals surface area contributed by atoms with Gasteiger partial charge in [0, 0.05) is 12.6 Å². The van der Waals surface area contributed by atoms with Crippen molar-refractivity contribution >= 4 is 0 Å². The van der Waals surface area contributed by atoms with Crippen molar-refractivity contribution in [3.8, 4) is 0 Å². The van der Waals surface area contributed by atoms with Gasteiger partial charge in [0.05, 0.1) is 0 Å². The van der Waals surface area contributed by atoms with Crippen molar-refractivity contribution in [3.05, 3.63) is 0 Å². The summed E-state index contributed by atoms with van der Waals surface area (Å²) in [6.07, 6.45) is 2.83. The van der Waals surface area contributed by atoms with Gasteiger partial charge in [-0.2, -0.15) is 0 Å². The van der Waals surface area contributed by atoms with Gasteiger partial charge >= 0.3 is 0 Å². The monoisotopic (exact) mass is 140 g/mol. The summed E-state index contributed by atoms with van der Waals surface area (Å²) in [5, 5.41) is 3.44. The maximum Gasteiger partial charge on any atom is 0.0246 e. The van der Waals surface area contributed by atoms with Crippen molar-refractivity contribution in [2.75, 3.05) is 26.7 Å². The molecule has 1 N–H and O–H groups in total. The zero-order valence-corrected chi connectivity index (χ0v) is 6.64. The van der Waals surface area contributed by atoms with E-state index < -0.39 is 0 Å². The first kappa shape index (κ1) is 6.62. The number of hydrogen-bond acceptors (Lipinski definition) is 2. The normalized spacial score (nSPS) is 41.7. The van der Waals surface area contributed by atoms with Crippen LogP contribution >= 0.6 is 0 Å². The number of hydrogen-bond donors (Lipinski definition) is 1. The Morgan fingerprint density at radius 3 is 3.10 bits per heavy atom. The molecule has 2 nitrogen and oxygen atoms in total. The fraction of sp³-hybridized carbons (Fsp3) is 1.00. The number of piperidine rings is 1. The van der Waals surface area contributed by atoms with Gasteiger partial charge in [-0.05, 0) is 38.9 Å². The number of likely N-dealkylation sites (N-methyl/N-ethyl adjacent to an activating group) is 1. The summed E-state index contributed by atoms with van der Waals surface area (Å²) in [6.45, 7) is 3.78. The number of fused-ring (bicyclic) bond motifs is 1. The predicted octanol–water partition coefficient (Wildman–Crippen LogP) is 0.300. The van der Waals surface area contributed by atoms with Crippen molar-refractivity contribution in [1.29, 1.82) is 0 Å². The Hall–Kier alpha value is -0.0800. The first-order valence-corrected chi connectivity index (χ1v) is 4.29. The van der Waals surface area contributed by atoms with E-state index in [4.69, 9.17) is 0 Å². The van der Waals surface area contributed by atoms with E-state index in [1.54, 1.807) is 0 Å². The van der Waals surface area contributed by atoms with E-state index in [0.29, 0.717) is 0 Å². The SMILES string of the molecule is CN1CC[C@@H]2CCNCC21. The molecule has 10 heavy (non-hydrogen) atoms. The maximum absolute atomic E-state index is 3.44. The molecule has 0 bridgehead atoms. The number of rotatable bonds is 0. The van der Waals surface area contributed by atoms with Gasteiger partial charge in [0.15, 0.2) is 0 Å². The van der Waals surface area contributed by atoms with Gasteiger partial charge < -0.3 is 10.2 Å². The summed E-state index contributed by atoms with van der Waals surface area (Å²) in [5.41, 5.74) is 0. The Kier molecular flexibility index (Phi) is 1.66. The Morgan fingerprint density at radius 2 is 2.30 bits per heavy atom. The zero-order valence-electron chi connectivity index (χ0n) is 6.64. The van der Waals surface area contributed by atoms with Crippen LogP contribution in [0, 0.1) is 5.92 Å². The lowest BCUT2D eigenvalue weighted by Gasteiger charge is -2.29. The van der Waals surface area contributed by atoms with E-state index in [1.165, 1.54) is 32.5 Å². The fourth-order valence-electron chi connectivity index (χ4n) is 2.28. The lowest BCUT2D eigenvalue weighted by Crippen LogP contribution is -2.44. The molecule has 0 saturated carbocycles. The second-order valence-electron chi connectivity index (χ2n) is 3.59. The number of likely N-dealkylation sites (tertiary alicyclic amines) is 1. The molecule has 0 aromatic carbocycles. The van der Waals surface area contributed by atoms with Crippen molar-refractivity contribution in [2.24, 2.45) is 5.92 Å². The molecule has 2 aliphatic rings. The van der Waals surface area contributed by atoms with Gasteiger partial charge in [0.2, 0.25) is 0 Å². The molecule has 58 valence electrons. The van der Waals surface area contributed by atoms with Crippen LogP contribution in [-0.4, -0.2) is 37.6 Å². The highest BCUT2D eigenvalue weighted by Crippen LogP contribution is 2.26. The van der Waals surface area contributed by atoms with Crippen LogP contribution in [0.3, 0.4) is 0 Å². The van der Waals surface area contributed by atoms with Gasteiger partial charge in [0.25, 0.3) is 0 Å². The molecule has 1 unspecified atom stereocenters. The maximum atomic E-state index is 3.44. The Bertz CT molecular complexity index is 122. The summed E-state index contributed by atoms with van der Waals surface area (Å²) in [6, 6.07) is 0.855. The van der Waals surface area contributed by atoms with Crippen molar-refractivity contribution < 1.29 is 0 Å². The molecule has 2 fully saturated rings. The molecule has 2 heteroatoms. The first-order valence-electron chi connectivity index (χ1n) is 4.29. The number of nitrogens with one attached hydrogen (secondary N) is 1. The van der Waals surface area contributed by atoms with Crippen molar-refractivity contribution in [1.82, 2.24) is 10.2 Å². The molecule has 2 aliphatic heterocycles. The minimum absolute atomic E-state index is 0.855. The lowest BCUT2D eigenvalue weighted by atomic mass is 9.94. The molecule has 0 radical (unpaired) electrons. The van der Waals surface area contributed by atoms with Gasteiger partial charge in [-0.3, -0.25) is 0 Å². The molecule has 2 atom stereocenters. The smallest absolute Gasteiger partial charge is 0.0246 e. The third-order valence-electron chi connectivity index (χ3n) is 3.01. The summed E-state index contributed by atoms with van der Waals surface area (Å²) < 4.78 is 0. The Balaban J connectivity index is 2.01. The van der Waals surface area contributed by atoms with E-state index >= 15 is 0 Å². The Morgan fingerprint density at radius 1 is 1.40 bits per heavy atom. The van der Waals surface area contributed by atoms with Crippen LogP contribution in [0.1, 0.15) is 12.8 Å². The van der Waals surface area contributed by atoms with E-state index in [-0.39, 0.29) is 0 Å². The topological polar surface area (TPSA) is 15.3 Å². The molecule has 0 amide bonds. The van der Waals surface area contributed by atoms with E-state index in [0.717, 1.165) is 12.0 Å². The standard InChI is InChI=1S/C8H16N2/c1-10-5-3-7-2-4-9-6-8(7)10/h7-9H,2-6H2,1H3/t7-,8?/m0/s1. The third-order valence-corrected chi connectivity index (χ3v) is 3.01. The van der Waals surface area contributed by atoms with Crippen LogP contribution in [0.25, 0.3) is 0 Å². The largest absolute Gasteiger partial charge is 0.315 e. The molecule has 0 spiro atoms. The van der Waals surface area contributed by atoms with Crippen molar-refractivity contribution in [3.63, 3.8) is 0 Å². The highest BCUT2D eigenvalue weighted by Gasteiger charge is 2.32. The van der Waals surface area contributed by atoms with Crippen LogP contribution in [0.4, 0.5) is 0 Å². The predicted molar refractivity (Wildman–Crippen MR) is 42.0 cm³/mol. The molecule has 0 aromatic rings. The highest BCUT2D eigenvalue weighted by atomic mass is 15.2.